The molecule has 0 bridgehead atoms. The predicted octanol–water partition coefficient (Wildman–Crippen LogP) is 3.11. The summed E-state index contributed by atoms with van der Waals surface area (Å²) in [6, 6.07) is 1.05. The highest BCUT2D eigenvalue weighted by atomic mass is 31.2. The zero-order valence-electron chi connectivity index (χ0n) is 20.9. The van der Waals surface area contributed by atoms with Crippen LogP contribution >= 0.6 is 7.82 Å². The van der Waals surface area contributed by atoms with E-state index in [2.05, 4.69) is 34.8 Å². The van der Waals surface area contributed by atoms with Crippen molar-refractivity contribution in [2.45, 2.75) is 31.9 Å². The number of aromatic nitrogens is 5. The number of hydrogen-bond donors (Lipinski definition) is 5. The van der Waals surface area contributed by atoms with Gasteiger partial charge in [-0.25, -0.2) is 23.3 Å². The van der Waals surface area contributed by atoms with Crippen LogP contribution in [0.1, 0.15) is 31.7 Å². The number of ether oxygens (including phenoxy) is 1. The average Bonchev–Trinajstić information content (AvgIpc) is 3.23. The molecule has 2 fully saturated rings. The zero-order chi connectivity index (χ0) is 27.7. The number of aromatic amines is 1. The number of H-pyrrole nitrogens is 1. The van der Waals surface area contributed by atoms with Gasteiger partial charge in [-0.3, -0.25) is 4.52 Å². The molecule has 0 unspecified atom stereocenters. The lowest BCUT2D eigenvalue weighted by atomic mass is 9.60. The average molecular weight is 562 g/mol. The topological polar surface area (TPSA) is 185 Å². The van der Waals surface area contributed by atoms with Crippen LogP contribution in [-0.4, -0.2) is 60.9 Å². The molecule has 13 nitrogen and oxygen atoms in total. The largest absolute Gasteiger partial charge is 0.470 e. The third kappa shape index (κ3) is 4.36. The molecule has 0 amide bonds. The lowest BCUT2D eigenvalue weighted by Gasteiger charge is -2.60. The van der Waals surface area contributed by atoms with Gasteiger partial charge in [0.15, 0.2) is 23.2 Å². The summed E-state index contributed by atoms with van der Waals surface area (Å²) >= 11 is 0. The normalized spacial score (nSPS) is 19.3. The first-order chi connectivity index (χ1) is 18.5. The Kier molecular flexibility index (Phi) is 5.97. The molecule has 16 heteroatoms. The standard InChI is InChI=1S/C23H25F2N8O5P/c1-10(38-39(34,35)36)19-28-6-11(7-29-19)37-22-31-20-16(15-17(25)12(24)5-13(27-2)18(15)30-20)21(32-22)33-8-23(9-33)4-3-14(23)26/h5-7,10,14,27H,3-4,8-9,26H2,1-2H3,(H,30,31,32)(H2,34,35,36)/t10-,14+/m1/s1. The van der Waals surface area contributed by atoms with Crippen LogP contribution in [-0.2, 0) is 9.09 Å². The van der Waals surface area contributed by atoms with Gasteiger partial charge in [0.2, 0.25) is 0 Å². The minimum atomic E-state index is -4.73. The van der Waals surface area contributed by atoms with Crippen LogP contribution in [0.3, 0.4) is 0 Å². The Bertz CT molecular complexity index is 1640. The summed E-state index contributed by atoms with van der Waals surface area (Å²) in [6.45, 7) is 2.61. The monoisotopic (exact) mass is 562 g/mol. The van der Waals surface area contributed by atoms with Crippen molar-refractivity contribution in [3.05, 3.63) is 35.9 Å². The fourth-order valence-electron chi connectivity index (χ4n) is 5.25. The molecule has 1 aromatic carbocycles. The predicted molar refractivity (Wildman–Crippen MR) is 136 cm³/mol. The molecule has 1 spiro atoms. The Morgan fingerprint density at radius 2 is 1.97 bits per heavy atom. The second kappa shape index (κ2) is 9.03. The van der Waals surface area contributed by atoms with E-state index >= 15 is 4.39 Å². The van der Waals surface area contributed by atoms with E-state index in [-0.39, 0.29) is 40.1 Å². The summed E-state index contributed by atoms with van der Waals surface area (Å²) in [4.78, 5) is 40.1. The van der Waals surface area contributed by atoms with Crippen molar-refractivity contribution in [1.29, 1.82) is 0 Å². The summed E-state index contributed by atoms with van der Waals surface area (Å²) in [7, 11) is -3.13. The molecule has 206 valence electrons. The molecule has 4 aromatic rings. The molecule has 1 aliphatic heterocycles. The summed E-state index contributed by atoms with van der Waals surface area (Å²) < 4.78 is 51.2. The second-order valence-electron chi connectivity index (χ2n) is 9.88. The Morgan fingerprint density at radius 1 is 1.26 bits per heavy atom. The lowest BCUT2D eigenvalue weighted by molar-refractivity contribution is 0.0559. The molecule has 2 atom stereocenters. The van der Waals surface area contributed by atoms with E-state index in [4.69, 9.17) is 20.3 Å². The van der Waals surface area contributed by atoms with Crippen molar-refractivity contribution in [3.63, 3.8) is 0 Å². The third-order valence-electron chi connectivity index (χ3n) is 7.42. The molecular weight excluding hydrogens is 537 g/mol. The maximum atomic E-state index is 15.2. The van der Waals surface area contributed by atoms with E-state index in [1.54, 1.807) is 7.05 Å². The maximum absolute atomic E-state index is 15.2. The Hall–Kier alpha value is -3.49. The molecule has 1 saturated carbocycles. The van der Waals surface area contributed by atoms with Crippen LogP contribution in [0.2, 0.25) is 0 Å². The van der Waals surface area contributed by atoms with Crippen LogP contribution < -0.4 is 20.7 Å². The van der Waals surface area contributed by atoms with Crippen molar-refractivity contribution >= 4 is 41.3 Å². The summed E-state index contributed by atoms with van der Waals surface area (Å²) in [6.07, 6.45) is 3.41. The number of phosphoric acid groups is 1. The van der Waals surface area contributed by atoms with E-state index < -0.39 is 25.6 Å². The number of anilines is 2. The molecular formula is C23H25F2N8O5P. The summed E-state index contributed by atoms with van der Waals surface area (Å²) in [5.41, 5.74) is 7.15. The molecule has 39 heavy (non-hydrogen) atoms. The van der Waals surface area contributed by atoms with Crippen LogP contribution in [0.4, 0.5) is 20.3 Å². The Balaban J connectivity index is 1.40. The fourth-order valence-corrected chi connectivity index (χ4v) is 5.76. The molecule has 0 radical (unpaired) electrons. The molecule has 2 aliphatic rings. The van der Waals surface area contributed by atoms with E-state index in [1.807, 2.05) is 4.90 Å². The first kappa shape index (κ1) is 25.8. The van der Waals surface area contributed by atoms with Crippen LogP contribution in [0.25, 0.3) is 21.9 Å². The van der Waals surface area contributed by atoms with Gasteiger partial charge in [0.05, 0.1) is 34.4 Å². The quantitative estimate of drug-likeness (QED) is 0.208. The maximum Gasteiger partial charge on any atom is 0.470 e. The first-order valence-corrected chi connectivity index (χ1v) is 13.6. The second-order valence-corrected chi connectivity index (χ2v) is 11.1. The molecule has 1 saturated heterocycles. The first-order valence-electron chi connectivity index (χ1n) is 12.1. The number of nitrogens with zero attached hydrogens (tertiary/aromatic N) is 5. The minimum Gasteiger partial charge on any atom is -0.421 e. The number of nitrogens with two attached hydrogens (primary N) is 1. The van der Waals surface area contributed by atoms with Crippen LogP contribution in [0, 0.1) is 17.0 Å². The van der Waals surface area contributed by atoms with Crippen LogP contribution in [0.15, 0.2) is 18.5 Å². The SMILES string of the molecule is CNc1cc(F)c(F)c2c1[nH]c1nc(Oc3cnc([C@@H](C)OP(=O)(O)O)nc3)nc(N3CC4(CC[C@@H]4N)C3)c12. The number of phosphoric ester groups is 1. The summed E-state index contributed by atoms with van der Waals surface area (Å²) in [5, 5.41) is 3.22. The highest BCUT2D eigenvalue weighted by molar-refractivity contribution is 7.46. The number of halogens is 2. The number of benzene rings is 1. The van der Waals surface area contributed by atoms with E-state index in [0.717, 1.165) is 18.9 Å². The lowest BCUT2D eigenvalue weighted by Crippen LogP contribution is -2.69. The van der Waals surface area contributed by atoms with Gasteiger partial charge in [0.25, 0.3) is 0 Å². The van der Waals surface area contributed by atoms with Crippen LogP contribution in [0.5, 0.6) is 11.8 Å². The van der Waals surface area contributed by atoms with Gasteiger partial charge in [0, 0.05) is 37.7 Å². The minimum absolute atomic E-state index is 0.0261. The molecule has 4 heterocycles. The molecule has 6 N–H and O–H groups in total. The van der Waals surface area contributed by atoms with Gasteiger partial charge in [-0.2, -0.15) is 9.97 Å². The van der Waals surface area contributed by atoms with Gasteiger partial charge >= 0.3 is 13.8 Å². The molecule has 3 aromatic heterocycles. The van der Waals surface area contributed by atoms with E-state index in [1.165, 1.54) is 19.3 Å². The smallest absolute Gasteiger partial charge is 0.421 e. The van der Waals surface area contributed by atoms with Crippen molar-refractivity contribution < 1.29 is 32.4 Å². The van der Waals surface area contributed by atoms with Crippen molar-refractivity contribution in [1.82, 2.24) is 24.9 Å². The zero-order valence-corrected chi connectivity index (χ0v) is 21.7. The van der Waals surface area contributed by atoms with Gasteiger partial charge < -0.3 is 35.5 Å². The highest BCUT2D eigenvalue weighted by Crippen LogP contribution is 2.50. The van der Waals surface area contributed by atoms with E-state index in [9.17, 15) is 8.96 Å². The highest BCUT2D eigenvalue weighted by Gasteiger charge is 2.54. The van der Waals surface area contributed by atoms with Crippen molar-refractivity contribution in [2.24, 2.45) is 11.1 Å². The van der Waals surface area contributed by atoms with Crippen molar-refractivity contribution in [2.75, 3.05) is 30.4 Å². The molecule has 6 rings (SSSR count). The number of fused-ring (bicyclic) bond motifs is 3. The summed E-state index contributed by atoms with van der Waals surface area (Å²) in [5.74, 6) is -1.48. The number of nitrogens with one attached hydrogen (secondary N) is 2. The third-order valence-corrected chi connectivity index (χ3v) is 8.01. The number of rotatable bonds is 7. The van der Waals surface area contributed by atoms with Gasteiger partial charge in [-0.05, 0) is 19.8 Å². The van der Waals surface area contributed by atoms with Gasteiger partial charge in [-0.1, -0.05) is 0 Å². The van der Waals surface area contributed by atoms with Crippen molar-refractivity contribution in [3.8, 4) is 11.8 Å². The fraction of sp³-hybridized carbons (Fsp3) is 0.391. The Labute approximate surface area is 220 Å². The molecule has 1 aliphatic carbocycles. The van der Waals surface area contributed by atoms with Gasteiger partial charge in [-0.15, -0.1) is 0 Å². The van der Waals surface area contributed by atoms with Gasteiger partial charge in [0.1, 0.15) is 17.6 Å². The number of hydrogen-bond acceptors (Lipinski definition) is 10. The Morgan fingerprint density at radius 3 is 2.56 bits per heavy atom. The van der Waals surface area contributed by atoms with E-state index in [0.29, 0.717) is 35.5 Å².